The zero-order valence-electron chi connectivity index (χ0n) is 16.7. The predicted molar refractivity (Wildman–Crippen MR) is 108 cm³/mol. The number of nitrogens with one attached hydrogen (secondary N) is 1. The van der Waals surface area contributed by atoms with Gasteiger partial charge < -0.3 is 19.7 Å². The van der Waals surface area contributed by atoms with E-state index >= 15 is 0 Å². The molecule has 0 spiro atoms. The van der Waals surface area contributed by atoms with Crippen LogP contribution >= 0.6 is 0 Å². The van der Waals surface area contributed by atoms with Crippen LogP contribution in [0.4, 0.5) is 0 Å². The van der Waals surface area contributed by atoms with Crippen LogP contribution in [0.1, 0.15) is 25.8 Å². The van der Waals surface area contributed by atoms with Crippen LogP contribution < -0.4 is 14.8 Å². The molecule has 150 valence electrons. The Morgan fingerprint density at radius 3 is 2.46 bits per heavy atom. The summed E-state index contributed by atoms with van der Waals surface area (Å²) in [7, 11) is 1.59. The van der Waals surface area contributed by atoms with Crippen molar-refractivity contribution in [3.05, 3.63) is 60.2 Å². The summed E-state index contributed by atoms with van der Waals surface area (Å²) >= 11 is 0. The van der Waals surface area contributed by atoms with Crippen molar-refractivity contribution in [2.75, 3.05) is 20.3 Å². The highest BCUT2D eigenvalue weighted by molar-refractivity contribution is 5.87. The van der Waals surface area contributed by atoms with Crippen LogP contribution in [0.25, 0.3) is 0 Å². The number of amides is 2. The zero-order chi connectivity index (χ0) is 20.4. The summed E-state index contributed by atoms with van der Waals surface area (Å²) in [5, 5.41) is 2.85. The molecule has 0 unspecified atom stereocenters. The van der Waals surface area contributed by atoms with Gasteiger partial charge in [0.1, 0.15) is 17.5 Å². The van der Waals surface area contributed by atoms with E-state index in [1.165, 1.54) is 4.90 Å². The molecule has 0 fully saturated rings. The van der Waals surface area contributed by atoms with E-state index in [1.54, 1.807) is 26.2 Å². The molecular weight excluding hydrogens is 356 g/mol. The fourth-order valence-electron chi connectivity index (χ4n) is 2.69. The Labute approximate surface area is 166 Å². The normalized spacial score (nSPS) is 11.4. The molecule has 6 nitrogen and oxygen atoms in total. The third-order valence-electron chi connectivity index (χ3n) is 4.31. The van der Waals surface area contributed by atoms with Crippen molar-refractivity contribution >= 4 is 11.8 Å². The van der Waals surface area contributed by atoms with E-state index < -0.39 is 6.04 Å². The van der Waals surface area contributed by atoms with E-state index in [2.05, 4.69) is 5.32 Å². The highest BCUT2D eigenvalue weighted by atomic mass is 16.5. The average Bonchev–Trinajstić information content (AvgIpc) is 2.74. The Balaban J connectivity index is 2.13. The smallest absolute Gasteiger partial charge is 0.261 e. The minimum atomic E-state index is -0.621. The lowest BCUT2D eigenvalue weighted by Gasteiger charge is -2.28. The Bertz CT molecular complexity index is 764. The highest BCUT2D eigenvalue weighted by Gasteiger charge is 2.26. The van der Waals surface area contributed by atoms with Crippen LogP contribution in [0.2, 0.25) is 0 Å². The molecule has 0 aromatic heterocycles. The van der Waals surface area contributed by atoms with Crippen LogP contribution in [0.3, 0.4) is 0 Å². The van der Waals surface area contributed by atoms with Crippen molar-refractivity contribution in [3.63, 3.8) is 0 Å². The Morgan fingerprint density at radius 1 is 1.07 bits per heavy atom. The van der Waals surface area contributed by atoms with Crippen LogP contribution in [0.5, 0.6) is 11.5 Å². The van der Waals surface area contributed by atoms with Gasteiger partial charge in [0.15, 0.2) is 6.61 Å². The summed E-state index contributed by atoms with van der Waals surface area (Å²) in [6.07, 6.45) is 0.833. The van der Waals surface area contributed by atoms with Crippen molar-refractivity contribution in [2.45, 2.75) is 32.9 Å². The van der Waals surface area contributed by atoms with Gasteiger partial charge in [-0.25, -0.2) is 0 Å². The number of hydrogen-bond donors (Lipinski definition) is 1. The SMILES string of the molecule is CCCNC(=O)[C@@H](C)N(Cc1cccc(OC)c1)C(=O)COc1ccccc1. The standard InChI is InChI=1S/C22H28N2O4/c1-4-13-23-22(26)17(2)24(15-18-9-8-12-20(14-18)27-3)21(25)16-28-19-10-6-5-7-11-19/h5-12,14,17H,4,13,15-16H2,1-3H3,(H,23,26)/t17-/m1/s1. The molecule has 2 aromatic carbocycles. The number of carbonyl (C=O) groups is 2. The fraction of sp³-hybridized carbons (Fsp3) is 0.364. The molecular formula is C22H28N2O4. The number of rotatable bonds is 10. The molecule has 0 heterocycles. The Morgan fingerprint density at radius 2 is 1.79 bits per heavy atom. The minimum Gasteiger partial charge on any atom is -0.497 e. The monoisotopic (exact) mass is 384 g/mol. The van der Waals surface area contributed by atoms with Gasteiger partial charge in [-0.15, -0.1) is 0 Å². The van der Waals surface area contributed by atoms with E-state index in [-0.39, 0.29) is 25.0 Å². The first kappa shape index (κ1) is 21.3. The predicted octanol–water partition coefficient (Wildman–Crippen LogP) is 3.02. The van der Waals surface area contributed by atoms with Crippen LogP contribution in [0, 0.1) is 0 Å². The number of benzene rings is 2. The first-order valence-corrected chi connectivity index (χ1v) is 9.43. The van der Waals surface area contributed by atoms with E-state index in [9.17, 15) is 9.59 Å². The maximum Gasteiger partial charge on any atom is 0.261 e. The first-order valence-electron chi connectivity index (χ1n) is 9.43. The lowest BCUT2D eigenvalue weighted by Crippen LogP contribution is -2.49. The van der Waals surface area contributed by atoms with Crippen molar-refractivity contribution in [1.82, 2.24) is 10.2 Å². The molecule has 0 bridgehead atoms. The number of ether oxygens (including phenoxy) is 2. The molecule has 6 heteroatoms. The molecule has 0 saturated heterocycles. The van der Waals surface area contributed by atoms with Crippen molar-refractivity contribution < 1.29 is 19.1 Å². The third-order valence-corrected chi connectivity index (χ3v) is 4.31. The molecule has 1 atom stereocenters. The number of hydrogen-bond acceptors (Lipinski definition) is 4. The lowest BCUT2D eigenvalue weighted by atomic mass is 10.1. The third kappa shape index (κ3) is 6.30. The second kappa shape index (κ2) is 11.0. The average molecular weight is 384 g/mol. The van der Waals surface area contributed by atoms with Crippen LogP contribution in [0.15, 0.2) is 54.6 Å². The topological polar surface area (TPSA) is 67.9 Å². The summed E-state index contributed by atoms with van der Waals surface area (Å²) in [4.78, 5) is 26.9. The molecule has 0 saturated carbocycles. The van der Waals surface area contributed by atoms with Gasteiger partial charge in [0.05, 0.1) is 7.11 Å². The van der Waals surface area contributed by atoms with Gasteiger partial charge in [-0.2, -0.15) is 0 Å². The highest BCUT2D eigenvalue weighted by Crippen LogP contribution is 2.17. The second-order valence-electron chi connectivity index (χ2n) is 6.44. The van der Waals surface area contributed by atoms with Gasteiger partial charge in [-0.05, 0) is 43.2 Å². The number of carbonyl (C=O) groups excluding carboxylic acids is 2. The van der Waals surface area contributed by atoms with E-state index in [4.69, 9.17) is 9.47 Å². The molecule has 2 amide bonds. The molecule has 0 radical (unpaired) electrons. The second-order valence-corrected chi connectivity index (χ2v) is 6.44. The number of methoxy groups -OCH3 is 1. The van der Waals surface area contributed by atoms with Gasteiger partial charge in [0.2, 0.25) is 5.91 Å². The molecule has 0 aliphatic rings. The summed E-state index contributed by atoms with van der Waals surface area (Å²) in [5.74, 6) is 0.873. The van der Waals surface area contributed by atoms with Gasteiger partial charge in [-0.3, -0.25) is 9.59 Å². The van der Waals surface area contributed by atoms with Gasteiger partial charge in [0.25, 0.3) is 5.91 Å². The molecule has 1 N–H and O–H groups in total. The zero-order valence-corrected chi connectivity index (χ0v) is 16.7. The van der Waals surface area contributed by atoms with Crippen LogP contribution in [-0.4, -0.2) is 43.0 Å². The first-order chi connectivity index (χ1) is 13.5. The maximum atomic E-state index is 12.9. The molecule has 2 aromatic rings. The molecule has 0 aliphatic heterocycles. The lowest BCUT2D eigenvalue weighted by molar-refractivity contribution is -0.142. The van der Waals surface area contributed by atoms with E-state index in [0.717, 1.165) is 12.0 Å². The van der Waals surface area contributed by atoms with Gasteiger partial charge in [0, 0.05) is 13.1 Å². The Kier molecular flexibility index (Phi) is 8.34. The van der Waals surface area contributed by atoms with Gasteiger partial charge in [-0.1, -0.05) is 37.3 Å². The Hall–Kier alpha value is -3.02. The minimum absolute atomic E-state index is 0.140. The quantitative estimate of drug-likeness (QED) is 0.684. The van der Waals surface area contributed by atoms with E-state index in [1.807, 2.05) is 49.4 Å². The van der Waals surface area contributed by atoms with E-state index in [0.29, 0.717) is 18.0 Å². The van der Waals surface area contributed by atoms with Gasteiger partial charge >= 0.3 is 0 Å². The summed E-state index contributed by atoms with van der Waals surface area (Å²) in [5.41, 5.74) is 0.877. The van der Waals surface area contributed by atoms with Crippen molar-refractivity contribution in [3.8, 4) is 11.5 Å². The fourth-order valence-corrected chi connectivity index (χ4v) is 2.69. The maximum absolute atomic E-state index is 12.9. The summed E-state index contributed by atoms with van der Waals surface area (Å²) < 4.78 is 10.9. The molecule has 0 aliphatic carbocycles. The van der Waals surface area contributed by atoms with Crippen molar-refractivity contribution in [1.29, 1.82) is 0 Å². The molecule has 2 rings (SSSR count). The molecule has 28 heavy (non-hydrogen) atoms. The largest absolute Gasteiger partial charge is 0.497 e. The number of nitrogens with zero attached hydrogens (tertiary/aromatic N) is 1. The summed E-state index contributed by atoms with van der Waals surface area (Å²) in [6.45, 7) is 4.43. The summed E-state index contributed by atoms with van der Waals surface area (Å²) in [6, 6.07) is 16.0. The van der Waals surface area contributed by atoms with Crippen LogP contribution in [-0.2, 0) is 16.1 Å². The number of para-hydroxylation sites is 1. The van der Waals surface area contributed by atoms with Crippen molar-refractivity contribution in [2.24, 2.45) is 0 Å².